The van der Waals surface area contributed by atoms with Crippen LogP contribution in [0.15, 0.2) is 64.2 Å². The van der Waals surface area contributed by atoms with Crippen LogP contribution in [0, 0.1) is 0 Å². The van der Waals surface area contributed by atoms with E-state index in [-0.39, 0.29) is 5.56 Å². The van der Waals surface area contributed by atoms with Crippen LogP contribution in [-0.2, 0) is 11.8 Å². The Morgan fingerprint density at radius 1 is 0.931 bits per heavy atom. The summed E-state index contributed by atoms with van der Waals surface area (Å²) in [5.74, 6) is 0.371. The van der Waals surface area contributed by atoms with E-state index in [0.29, 0.717) is 11.4 Å². The molecule has 2 aromatic carbocycles. The van der Waals surface area contributed by atoms with Gasteiger partial charge in [-0.3, -0.25) is 13.9 Å². The van der Waals surface area contributed by atoms with Gasteiger partial charge in [-0.15, -0.1) is 0 Å². The Hall–Kier alpha value is -3.45. The van der Waals surface area contributed by atoms with Crippen molar-refractivity contribution in [2.75, 3.05) is 31.2 Å². The first-order valence-electron chi connectivity index (χ1n) is 9.58. The summed E-state index contributed by atoms with van der Waals surface area (Å²) < 4.78 is 8.36. The molecule has 0 bridgehead atoms. The molecule has 0 spiro atoms. The van der Waals surface area contributed by atoms with E-state index in [9.17, 15) is 9.59 Å². The fourth-order valence-corrected chi connectivity index (χ4v) is 3.86. The number of aromatic nitrogens is 3. The maximum Gasteiger partial charge on any atom is 0.352 e. The van der Waals surface area contributed by atoms with Gasteiger partial charge in [0.15, 0.2) is 5.82 Å². The second-order valence-electron chi connectivity index (χ2n) is 7.15. The van der Waals surface area contributed by atoms with Crippen LogP contribution >= 0.6 is 0 Å². The minimum absolute atomic E-state index is 0.343. The van der Waals surface area contributed by atoms with Gasteiger partial charge in [0.1, 0.15) is 0 Å². The number of morpholine rings is 1. The predicted molar refractivity (Wildman–Crippen MR) is 112 cm³/mol. The van der Waals surface area contributed by atoms with E-state index in [1.54, 1.807) is 6.07 Å². The van der Waals surface area contributed by atoms with Crippen molar-refractivity contribution in [3.63, 3.8) is 0 Å². The van der Waals surface area contributed by atoms with Gasteiger partial charge >= 0.3 is 5.69 Å². The highest BCUT2D eigenvalue weighted by atomic mass is 16.5. The van der Waals surface area contributed by atoms with Crippen LogP contribution in [-0.4, -0.2) is 40.4 Å². The molecule has 0 aromatic heterocycles. The number of rotatable bonds is 2. The van der Waals surface area contributed by atoms with Crippen LogP contribution in [0.4, 0.5) is 5.69 Å². The Labute approximate surface area is 166 Å². The molecule has 0 amide bonds. The Kier molecular flexibility index (Phi) is 4.17. The smallest absolute Gasteiger partial charge is 0.352 e. The minimum atomic E-state index is -0.559. The number of hydrogen-bond acceptors (Lipinski definition) is 5. The summed E-state index contributed by atoms with van der Waals surface area (Å²) in [6.45, 7) is 3.18. The quantitative estimate of drug-likeness (QED) is 0.492. The second-order valence-corrected chi connectivity index (χ2v) is 7.15. The van der Waals surface area contributed by atoms with Crippen LogP contribution in [0.5, 0.6) is 0 Å². The normalized spacial score (nSPS) is 14.6. The zero-order valence-corrected chi connectivity index (χ0v) is 16.0. The number of pyridine rings is 1. The van der Waals surface area contributed by atoms with Gasteiger partial charge < -0.3 is 9.64 Å². The summed E-state index contributed by atoms with van der Waals surface area (Å²) in [7, 11) is 1.45. The highest BCUT2D eigenvalue weighted by Crippen LogP contribution is 2.28. The van der Waals surface area contributed by atoms with Gasteiger partial charge in [-0.05, 0) is 41.8 Å². The third-order valence-corrected chi connectivity index (χ3v) is 5.44. The third-order valence-electron chi connectivity index (χ3n) is 5.44. The first-order chi connectivity index (χ1) is 14.1. The summed E-state index contributed by atoms with van der Waals surface area (Å²) >= 11 is 0. The number of ether oxygens (including phenoxy) is 1. The molecule has 29 heavy (non-hydrogen) atoms. The molecule has 1 saturated heterocycles. The average Bonchev–Trinajstić information content (AvgIpc) is 2.77. The van der Waals surface area contributed by atoms with Crippen molar-refractivity contribution >= 4 is 16.6 Å². The highest BCUT2D eigenvalue weighted by Gasteiger charge is 2.20. The van der Waals surface area contributed by atoms with Crippen molar-refractivity contribution in [2.45, 2.75) is 0 Å². The highest BCUT2D eigenvalue weighted by molar-refractivity contribution is 5.87. The summed E-state index contributed by atoms with van der Waals surface area (Å²) in [6, 6.07) is 17.7. The fraction of sp³-hybridized carbons (Fsp3) is 0.227. The van der Waals surface area contributed by atoms with E-state index in [2.05, 4.69) is 22.0 Å². The molecule has 0 saturated carbocycles. The molecule has 0 atom stereocenters. The van der Waals surface area contributed by atoms with Crippen molar-refractivity contribution in [3.05, 3.63) is 75.4 Å². The number of fused-ring (bicyclic) bond motifs is 2. The molecule has 3 heterocycles. The SMILES string of the molecule is Cn1c(=O)nc2n(-c3ccc(N4CCOCC4)cc3)c3ccccc3cc-2c1=O. The van der Waals surface area contributed by atoms with Gasteiger partial charge in [-0.1, -0.05) is 18.2 Å². The summed E-state index contributed by atoms with van der Waals surface area (Å²) in [4.78, 5) is 31.5. The molecule has 1 fully saturated rings. The molecule has 0 aliphatic carbocycles. The van der Waals surface area contributed by atoms with Gasteiger partial charge in [-0.2, -0.15) is 4.98 Å². The van der Waals surface area contributed by atoms with Gasteiger partial charge in [0.2, 0.25) is 0 Å². The number of hydrogen-bond donors (Lipinski definition) is 0. The third kappa shape index (κ3) is 2.91. The largest absolute Gasteiger partial charge is 0.378 e. The molecule has 3 aliphatic heterocycles. The van der Waals surface area contributed by atoms with Crippen LogP contribution in [0.2, 0.25) is 0 Å². The molecular weight excluding hydrogens is 368 g/mol. The number of para-hydroxylation sites is 1. The van der Waals surface area contributed by atoms with E-state index in [1.165, 1.54) is 7.05 Å². The number of benzene rings is 2. The van der Waals surface area contributed by atoms with Crippen molar-refractivity contribution in [1.82, 2.24) is 14.1 Å². The van der Waals surface area contributed by atoms with E-state index in [0.717, 1.165) is 53.1 Å². The van der Waals surface area contributed by atoms with Crippen molar-refractivity contribution in [1.29, 1.82) is 0 Å². The Morgan fingerprint density at radius 2 is 1.62 bits per heavy atom. The zero-order valence-electron chi connectivity index (χ0n) is 16.0. The Morgan fingerprint density at radius 3 is 2.38 bits per heavy atom. The van der Waals surface area contributed by atoms with E-state index >= 15 is 0 Å². The predicted octanol–water partition coefficient (Wildman–Crippen LogP) is 2.03. The monoisotopic (exact) mass is 388 g/mol. The van der Waals surface area contributed by atoms with E-state index in [1.807, 2.05) is 41.0 Å². The minimum Gasteiger partial charge on any atom is -0.378 e. The molecular formula is C22H20N4O3. The Bertz CT molecular complexity index is 1280. The first-order valence-corrected chi connectivity index (χ1v) is 9.58. The molecule has 0 unspecified atom stereocenters. The molecule has 5 rings (SSSR count). The van der Waals surface area contributed by atoms with Crippen LogP contribution < -0.4 is 16.1 Å². The molecule has 0 radical (unpaired) electrons. The van der Waals surface area contributed by atoms with Gasteiger partial charge in [0.25, 0.3) is 5.56 Å². The molecule has 7 heteroatoms. The standard InChI is InChI=1S/C22H20N4O3/c1-24-21(27)18-14-15-4-2-3-5-19(15)26(20(18)23-22(24)28)17-8-6-16(7-9-17)25-10-12-29-13-11-25/h2-9,14H,10-13H2,1H3. The summed E-state index contributed by atoms with van der Waals surface area (Å²) in [6.07, 6.45) is 0. The van der Waals surface area contributed by atoms with Crippen LogP contribution in [0.25, 0.3) is 28.0 Å². The molecule has 146 valence electrons. The first kappa shape index (κ1) is 17.6. The zero-order chi connectivity index (χ0) is 20.0. The molecule has 3 aliphatic rings. The fourth-order valence-electron chi connectivity index (χ4n) is 3.86. The van der Waals surface area contributed by atoms with Gasteiger partial charge in [-0.25, -0.2) is 4.79 Å². The number of nitrogens with zero attached hydrogens (tertiary/aromatic N) is 4. The van der Waals surface area contributed by atoms with E-state index in [4.69, 9.17) is 4.74 Å². The van der Waals surface area contributed by atoms with Crippen molar-refractivity contribution in [3.8, 4) is 17.1 Å². The topological polar surface area (TPSA) is 69.4 Å². The molecule has 0 N–H and O–H groups in total. The maximum absolute atomic E-state index is 12.7. The van der Waals surface area contributed by atoms with Crippen LogP contribution in [0.1, 0.15) is 0 Å². The average molecular weight is 388 g/mol. The summed E-state index contributed by atoms with van der Waals surface area (Å²) in [5, 5.41) is 0.912. The molecule has 7 nitrogen and oxygen atoms in total. The van der Waals surface area contributed by atoms with Crippen LogP contribution in [0.3, 0.4) is 0 Å². The maximum atomic E-state index is 12.7. The Balaban J connectivity index is 1.74. The van der Waals surface area contributed by atoms with E-state index < -0.39 is 5.69 Å². The lowest BCUT2D eigenvalue weighted by Crippen LogP contribution is -2.36. The lowest BCUT2D eigenvalue weighted by Gasteiger charge is -2.29. The van der Waals surface area contributed by atoms with Gasteiger partial charge in [0.05, 0.1) is 24.3 Å². The second kappa shape index (κ2) is 6.86. The van der Waals surface area contributed by atoms with Crippen molar-refractivity contribution < 1.29 is 4.74 Å². The molecule has 2 aromatic rings. The number of anilines is 1. The van der Waals surface area contributed by atoms with Gasteiger partial charge in [0, 0.05) is 31.5 Å². The summed E-state index contributed by atoms with van der Waals surface area (Å²) in [5.41, 5.74) is 2.38. The lowest BCUT2D eigenvalue weighted by atomic mass is 10.1. The van der Waals surface area contributed by atoms with Crippen molar-refractivity contribution in [2.24, 2.45) is 7.05 Å². The lowest BCUT2D eigenvalue weighted by molar-refractivity contribution is 0.122.